The van der Waals surface area contributed by atoms with Crippen molar-refractivity contribution < 1.29 is 0 Å². The second kappa shape index (κ2) is 6.94. The zero-order valence-corrected chi connectivity index (χ0v) is 13.6. The lowest BCUT2D eigenvalue weighted by molar-refractivity contribution is 0.876. The molecule has 0 aliphatic carbocycles. The van der Waals surface area contributed by atoms with Crippen molar-refractivity contribution in [3.05, 3.63) is 63.2 Å². The minimum absolute atomic E-state index is 0.329. The highest BCUT2D eigenvalue weighted by molar-refractivity contribution is 14.1. The highest BCUT2D eigenvalue weighted by Crippen LogP contribution is 2.20. The molecule has 0 aliphatic heterocycles. The van der Waals surface area contributed by atoms with E-state index in [1.165, 1.54) is 33.2 Å². The SMILES string of the molecule is CCCc1ccc(C(C)Nc2ccc(I)cc2)cc1. The largest absolute Gasteiger partial charge is 0.379 e. The third-order valence-corrected chi connectivity index (χ3v) is 3.96. The van der Waals surface area contributed by atoms with Crippen molar-refractivity contribution >= 4 is 28.3 Å². The average molecular weight is 365 g/mol. The number of hydrogen-bond donors (Lipinski definition) is 1. The van der Waals surface area contributed by atoms with E-state index in [0.29, 0.717) is 6.04 Å². The molecule has 1 unspecified atom stereocenters. The molecule has 1 atom stereocenters. The van der Waals surface area contributed by atoms with Gasteiger partial charge in [-0.3, -0.25) is 0 Å². The van der Waals surface area contributed by atoms with Crippen LogP contribution in [0.3, 0.4) is 0 Å². The third-order valence-electron chi connectivity index (χ3n) is 3.25. The summed E-state index contributed by atoms with van der Waals surface area (Å²) >= 11 is 2.33. The molecule has 0 amide bonds. The Morgan fingerprint density at radius 1 is 1.00 bits per heavy atom. The van der Waals surface area contributed by atoms with E-state index in [9.17, 15) is 0 Å². The van der Waals surface area contributed by atoms with Crippen LogP contribution in [0.2, 0.25) is 0 Å². The number of nitrogens with one attached hydrogen (secondary N) is 1. The maximum Gasteiger partial charge on any atom is 0.0485 e. The van der Waals surface area contributed by atoms with Crippen LogP contribution in [-0.4, -0.2) is 0 Å². The molecule has 0 saturated heterocycles. The van der Waals surface area contributed by atoms with Gasteiger partial charge in [0, 0.05) is 15.3 Å². The maximum absolute atomic E-state index is 3.53. The summed E-state index contributed by atoms with van der Waals surface area (Å²) < 4.78 is 1.26. The Morgan fingerprint density at radius 3 is 2.21 bits per heavy atom. The molecular weight excluding hydrogens is 345 g/mol. The van der Waals surface area contributed by atoms with Crippen LogP contribution in [0.15, 0.2) is 48.5 Å². The molecule has 0 bridgehead atoms. The lowest BCUT2D eigenvalue weighted by Crippen LogP contribution is -2.06. The summed E-state index contributed by atoms with van der Waals surface area (Å²) in [7, 11) is 0. The van der Waals surface area contributed by atoms with Gasteiger partial charge >= 0.3 is 0 Å². The molecule has 0 fully saturated rings. The molecule has 0 heterocycles. The predicted molar refractivity (Wildman–Crippen MR) is 91.6 cm³/mol. The van der Waals surface area contributed by atoms with Gasteiger partial charge < -0.3 is 5.32 Å². The summed E-state index contributed by atoms with van der Waals surface area (Å²) in [6.07, 6.45) is 2.37. The lowest BCUT2D eigenvalue weighted by Gasteiger charge is -2.16. The van der Waals surface area contributed by atoms with Crippen molar-refractivity contribution in [2.24, 2.45) is 0 Å². The maximum atomic E-state index is 3.53. The summed E-state index contributed by atoms with van der Waals surface area (Å²) in [6.45, 7) is 4.42. The molecule has 0 spiro atoms. The molecule has 2 aromatic carbocycles. The van der Waals surface area contributed by atoms with Gasteiger partial charge in [0.05, 0.1) is 0 Å². The van der Waals surface area contributed by atoms with Crippen molar-refractivity contribution in [2.45, 2.75) is 32.7 Å². The van der Waals surface area contributed by atoms with Crippen LogP contribution < -0.4 is 5.32 Å². The van der Waals surface area contributed by atoms with Gasteiger partial charge in [0.2, 0.25) is 0 Å². The van der Waals surface area contributed by atoms with Gasteiger partial charge in [-0.05, 0) is 71.3 Å². The molecule has 19 heavy (non-hydrogen) atoms. The molecular formula is C17H20IN. The lowest BCUT2D eigenvalue weighted by atomic mass is 10.0. The molecule has 1 nitrogen and oxygen atoms in total. The van der Waals surface area contributed by atoms with Gasteiger partial charge in [-0.1, -0.05) is 37.6 Å². The van der Waals surface area contributed by atoms with Gasteiger partial charge in [0.1, 0.15) is 0 Å². The third kappa shape index (κ3) is 4.23. The van der Waals surface area contributed by atoms with Gasteiger partial charge in [-0.25, -0.2) is 0 Å². The van der Waals surface area contributed by atoms with Crippen LogP contribution in [0.4, 0.5) is 5.69 Å². The first-order valence-electron chi connectivity index (χ1n) is 6.80. The molecule has 2 rings (SSSR count). The Balaban J connectivity index is 2.02. The molecule has 100 valence electrons. The quantitative estimate of drug-likeness (QED) is 0.698. The standard InChI is InChI=1S/C17H20IN/c1-3-4-14-5-7-15(8-6-14)13(2)19-17-11-9-16(18)10-12-17/h5-13,19H,3-4H2,1-2H3. The fourth-order valence-corrected chi connectivity index (χ4v) is 2.50. The van der Waals surface area contributed by atoms with Crippen LogP contribution in [0.25, 0.3) is 0 Å². The molecule has 0 aliphatic rings. The molecule has 0 saturated carbocycles. The first kappa shape index (κ1) is 14.4. The van der Waals surface area contributed by atoms with Crippen molar-refractivity contribution in [1.29, 1.82) is 0 Å². The number of halogens is 1. The Hall–Kier alpha value is -1.03. The minimum atomic E-state index is 0.329. The Bertz CT molecular complexity index is 502. The topological polar surface area (TPSA) is 12.0 Å². The van der Waals surface area contributed by atoms with Crippen molar-refractivity contribution in [2.75, 3.05) is 5.32 Å². The predicted octanol–water partition coefficient (Wildman–Crippen LogP) is 5.42. The summed E-state index contributed by atoms with van der Waals surface area (Å²) in [6, 6.07) is 17.8. The Morgan fingerprint density at radius 2 is 1.63 bits per heavy atom. The fourth-order valence-electron chi connectivity index (χ4n) is 2.14. The fraction of sp³-hybridized carbons (Fsp3) is 0.294. The summed E-state index contributed by atoms with van der Waals surface area (Å²) in [5.74, 6) is 0. The van der Waals surface area contributed by atoms with Crippen LogP contribution in [-0.2, 0) is 6.42 Å². The van der Waals surface area contributed by atoms with Crippen molar-refractivity contribution in [1.82, 2.24) is 0 Å². The number of anilines is 1. The zero-order valence-electron chi connectivity index (χ0n) is 11.5. The minimum Gasteiger partial charge on any atom is -0.379 e. The molecule has 0 radical (unpaired) electrons. The molecule has 2 aromatic rings. The van der Waals surface area contributed by atoms with Gasteiger partial charge in [0.25, 0.3) is 0 Å². The number of aryl methyl sites for hydroxylation is 1. The molecule has 0 aromatic heterocycles. The van der Waals surface area contributed by atoms with E-state index in [1.54, 1.807) is 0 Å². The van der Waals surface area contributed by atoms with Gasteiger partial charge in [-0.2, -0.15) is 0 Å². The first-order chi connectivity index (χ1) is 9.19. The van der Waals surface area contributed by atoms with E-state index >= 15 is 0 Å². The monoisotopic (exact) mass is 365 g/mol. The highest BCUT2D eigenvalue weighted by Gasteiger charge is 2.05. The van der Waals surface area contributed by atoms with Gasteiger partial charge in [0.15, 0.2) is 0 Å². The van der Waals surface area contributed by atoms with Crippen LogP contribution >= 0.6 is 22.6 Å². The van der Waals surface area contributed by atoms with E-state index in [-0.39, 0.29) is 0 Å². The summed E-state index contributed by atoms with van der Waals surface area (Å²) in [5.41, 5.74) is 3.93. The van der Waals surface area contributed by atoms with E-state index < -0.39 is 0 Å². The average Bonchev–Trinajstić information content (AvgIpc) is 2.42. The van der Waals surface area contributed by atoms with Gasteiger partial charge in [-0.15, -0.1) is 0 Å². The van der Waals surface area contributed by atoms with E-state index in [4.69, 9.17) is 0 Å². The highest BCUT2D eigenvalue weighted by atomic mass is 127. The van der Waals surface area contributed by atoms with E-state index in [1.807, 2.05) is 0 Å². The zero-order chi connectivity index (χ0) is 13.7. The second-order valence-electron chi connectivity index (χ2n) is 4.86. The van der Waals surface area contributed by atoms with Crippen LogP contribution in [0, 0.1) is 3.57 Å². The Labute approximate surface area is 129 Å². The second-order valence-corrected chi connectivity index (χ2v) is 6.11. The van der Waals surface area contributed by atoms with Crippen molar-refractivity contribution in [3.63, 3.8) is 0 Å². The first-order valence-corrected chi connectivity index (χ1v) is 7.88. The molecule has 2 heteroatoms. The number of rotatable bonds is 5. The summed E-state index contributed by atoms with van der Waals surface area (Å²) in [4.78, 5) is 0. The Kier molecular flexibility index (Phi) is 5.25. The van der Waals surface area contributed by atoms with E-state index in [2.05, 4.69) is 90.3 Å². The number of benzene rings is 2. The number of hydrogen-bond acceptors (Lipinski definition) is 1. The van der Waals surface area contributed by atoms with E-state index in [0.717, 1.165) is 0 Å². The van der Waals surface area contributed by atoms with Crippen molar-refractivity contribution in [3.8, 4) is 0 Å². The summed E-state index contributed by atoms with van der Waals surface area (Å²) in [5, 5.41) is 3.53. The van der Waals surface area contributed by atoms with Crippen LogP contribution in [0.1, 0.15) is 37.4 Å². The molecule has 1 N–H and O–H groups in total. The smallest absolute Gasteiger partial charge is 0.0485 e. The van der Waals surface area contributed by atoms with Crippen LogP contribution in [0.5, 0.6) is 0 Å². The normalized spacial score (nSPS) is 12.2.